The van der Waals surface area contributed by atoms with Crippen LogP contribution in [0.15, 0.2) is 0 Å². The predicted molar refractivity (Wildman–Crippen MR) is 57.5 cm³/mol. The molecule has 0 radical (unpaired) electrons. The molecule has 1 aliphatic heterocycles. The quantitative estimate of drug-likeness (QED) is 0.685. The first-order valence-electron chi connectivity index (χ1n) is 5.65. The molecule has 1 aliphatic rings. The van der Waals surface area contributed by atoms with E-state index in [1.54, 1.807) is 7.11 Å². The van der Waals surface area contributed by atoms with Gasteiger partial charge >= 0.3 is 0 Å². The second kappa shape index (κ2) is 6.80. The lowest BCUT2D eigenvalue weighted by molar-refractivity contribution is -0.133. The first-order valence-corrected chi connectivity index (χ1v) is 5.65. The Kier molecular flexibility index (Phi) is 5.65. The van der Waals surface area contributed by atoms with Crippen molar-refractivity contribution in [3.8, 4) is 0 Å². The number of ether oxygens (including phenoxy) is 1. The van der Waals surface area contributed by atoms with Crippen LogP contribution in [0.25, 0.3) is 0 Å². The van der Waals surface area contributed by atoms with Gasteiger partial charge in [-0.25, -0.2) is 0 Å². The number of likely N-dealkylation sites (tertiary alicyclic amines) is 1. The third kappa shape index (κ3) is 4.18. The van der Waals surface area contributed by atoms with E-state index >= 15 is 0 Å². The van der Waals surface area contributed by atoms with Crippen LogP contribution < -0.4 is 0 Å². The molecule has 15 heavy (non-hydrogen) atoms. The van der Waals surface area contributed by atoms with Crippen LogP contribution in [0.5, 0.6) is 0 Å². The fourth-order valence-electron chi connectivity index (χ4n) is 1.97. The Balaban J connectivity index is 2.25. The van der Waals surface area contributed by atoms with Gasteiger partial charge in [-0.05, 0) is 25.2 Å². The Morgan fingerprint density at radius 1 is 1.60 bits per heavy atom. The molecule has 1 N–H and O–H groups in total. The molecule has 0 aliphatic carbocycles. The van der Waals surface area contributed by atoms with Crippen molar-refractivity contribution in [2.45, 2.75) is 25.7 Å². The van der Waals surface area contributed by atoms with Gasteiger partial charge < -0.3 is 14.7 Å². The summed E-state index contributed by atoms with van der Waals surface area (Å²) < 4.78 is 4.91. The number of piperidine rings is 1. The van der Waals surface area contributed by atoms with Gasteiger partial charge in [0.15, 0.2) is 0 Å². The lowest BCUT2D eigenvalue weighted by Crippen LogP contribution is -2.40. The topological polar surface area (TPSA) is 49.8 Å². The average Bonchev–Trinajstić information content (AvgIpc) is 2.29. The van der Waals surface area contributed by atoms with Crippen molar-refractivity contribution < 1.29 is 14.6 Å². The smallest absolute Gasteiger partial charge is 0.222 e. The maximum atomic E-state index is 11.7. The maximum absolute atomic E-state index is 11.7. The van der Waals surface area contributed by atoms with Crippen molar-refractivity contribution in [1.29, 1.82) is 0 Å². The van der Waals surface area contributed by atoms with Crippen molar-refractivity contribution in [3.05, 3.63) is 0 Å². The second-order valence-electron chi connectivity index (χ2n) is 4.13. The van der Waals surface area contributed by atoms with E-state index in [0.29, 0.717) is 13.0 Å². The molecular weight excluding hydrogens is 194 g/mol. The summed E-state index contributed by atoms with van der Waals surface area (Å²) in [4.78, 5) is 13.6. The van der Waals surface area contributed by atoms with Crippen LogP contribution in [0.2, 0.25) is 0 Å². The standard InChI is InChI=1S/C11H21NO3/c1-15-7-3-5-11(14)12-6-2-4-10(8-12)9-13/h10,13H,2-9H2,1H3. The molecule has 0 aromatic rings. The highest BCUT2D eigenvalue weighted by Crippen LogP contribution is 2.16. The van der Waals surface area contributed by atoms with E-state index in [9.17, 15) is 4.79 Å². The molecule has 1 fully saturated rings. The number of carbonyl (C=O) groups excluding carboxylic acids is 1. The minimum absolute atomic E-state index is 0.196. The Bertz CT molecular complexity index is 196. The second-order valence-corrected chi connectivity index (χ2v) is 4.13. The van der Waals surface area contributed by atoms with Gasteiger partial charge in [0.2, 0.25) is 5.91 Å². The summed E-state index contributed by atoms with van der Waals surface area (Å²) in [5.41, 5.74) is 0. The largest absolute Gasteiger partial charge is 0.396 e. The SMILES string of the molecule is COCCCC(=O)N1CCCC(CO)C1. The molecule has 1 rings (SSSR count). The Labute approximate surface area is 91.2 Å². The fraction of sp³-hybridized carbons (Fsp3) is 0.909. The highest BCUT2D eigenvalue weighted by atomic mass is 16.5. The number of amides is 1. The summed E-state index contributed by atoms with van der Waals surface area (Å²) in [6, 6.07) is 0. The average molecular weight is 215 g/mol. The van der Waals surface area contributed by atoms with Gasteiger partial charge in [-0.2, -0.15) is 0 Å². The van der Waals surface area contributed by atoms with Crippen molar-refractivity contribution in [3.63, 3.8) is 0 Å². The van der Waals surface area contributed by atoms with Crippen LogP contribution in [0.1, 0.15) is 25.7 Å². The van der Waals surface area contributed by atoms with Crippen LogP contribution in [-0.2, 0) is 9.53 Å². The molecule has 88 valence electrons. The van der Waals surface area contributed by atoms with Gasteiger partial charge in [-0.15, -0.1) is 0 Å². The Morgan fingerprint density at radius 2 is 2.40 bits per heavy atom. The zero-order valence-electron chi connectivity index (χ0n) is 9.45. The summed E-state index contributed by atoms with van der Waals surface area (Å²) in [6.45, 7) is 2.41. The van der Waals surface area contributed by atoms with Crippen LogP contribution in [0.3, 0.4) is 0 Å². The molecule has 1 unspecified atom stereocenters. The summed E-state index contributed by atoms with van der Waals surface area (Å²) in [6.07, 6.45) is 3.40. The number of nitrogens with zero attached hydrogens (tertiary/aromatic N) is 1. The van der Waals surface area contributed by atoms with Crippen LogP contribution in [-0.4, -0.2) is 49.3 Å². The number of hydrogen-bond acceptors (Lipinski definition) is 3. The van der Waals surface area contributed by atoms with Crippen molar-refractivity contribution in [2.24, 2.45) is 5.92 Å². The van der Waals surface area contributed by atoms with Gasteiger partial charge in [-0.3, -0.25) is 4.79 Å². The summed E-state index contributed by atoms with van der Waals surface area (Å²) >= 11 is 0. The molecular formula is C11H21NO3. The zero-order chi connectivity index (χ0) is 11.1. The number of hydrogen-bond donors (Lipinski definition) is 1. The molecule has 1 heterocycles. The monoisotopic (exact) mass is 215 g/mol. The third-order valence-electron chi connectivity index (χ3n) is 2.87. The molecule has 0 aromatic carbocycles. The van der Waals surface area contributed by atoms with Gasteiger partial charge in [0.05, 0.1) is 0 Å². The van der Waals surface area contributed by atoms with E-state index in [-0.39, 0.29) is 18.4 Å². The summed E-state index contributed by atoms with van der Waals surface area (Å²) in [7, 11) is 1.65. The van der Waals surface area contributed by atoms with Crippen LogP contribution >= 0.6 is 0 Å². The van der Waals surface area contributed by atoms with Crippen molar-refractivity contribution in [1.82, 2.24) is 4.90 Å². The first-order chi connectivity index (χ1) is 7.27. The molecule has 0 bridgehead atoms. The van der Waals surface area contributed by atoms with Gasteiger partial charge in [0.1, 0.15) is 0 Å². The Morgan fingerprint density at radius 3 is 3.07 bits per heavy atom. The van der Waals surface area contributed by atoms with E-state index in [1.165, 1.54) is 0 Å². The van der Waals surface area contributed by atoms with E-state index in [1.807, 2.05) is 4.90 Å². The van der Waals surface area contributed by atoms with E-state index in [0.717, 1.165) is 32.4 Å². The number of rotatable bonds is 5. The number of methoxy groups -OCH3 is 1. The number of carbonyl (C=O) groups is 1. The highest BCUT2D eigenvalue weighted by Gasteiger charge is 2.22. The molecule has 1 amide bonds. The van der Waals surface area contributed by atoms with Crippen LogP contribution in [0.4, 0.5) is 0 Å². The molecule has 0 spiro atoms. The molecule has 0 saturated carbocycles. The summed E-state index contributed by atoms with van der Waals surface area (Å²) in [5.74, 6) is 0.482. The third-order valence-corrected chi connectivity index (χ3v) is 2.87. The predicted octanol–water partition coefficient (Wildman–Crippen LogP) is 0.644. The fourth-order valence-corrected chi connectivity index (χ4v) is 1.97. The van der Waals surface area contributed by atoms with E-state index < -0.39 is 0 Å². The minimum atomic E-state index is 0.196. The molecule has 4 heteroatoms. The van der Waals surface area contributed by atoms with Gasteiger partial charge in [0, 0.05) is 39.8 Å². The van der Waals surface area contributed by atoms with Gasteiger partial charge in [0.25, 0.3) is 0 Å². The number of aliphatic hydroxyl groups is 1. The molecule has 0 aromatic heterocycles. The van der Waals surface area contributed by atoms with Gasteiger partial charge in [-0.1, -0.05) is 0 Å². The molecule has 1 saturated heterocycles. The molecule has 1 atom stereocenters. The lowest BCUT2D eigenvalue weighted by Gasteiger charge is -2.31. The van der Waals surface area contributed by atoms with Crippen LogP contribution in [0, 0.1) is 5.92 Å². The molecule has 4 nitrogen and oxygen atoms in total. The minimum Gasteiger partial charge on any atom is -0.396 e. The normalized spacial score (nSPS) is 21.7. The zero-order valence-corrected chi connectivity index (χ0v) is 9.45. The number of aliphatic hydroxyl groups excluding tert-OH is 1. The van der Waals surface area contributed by atoms with Crippen molar-refractivity contribution >= 4 is 5.91 Å². The first kappa shape index (κ1) is 12.5. The van der Waals surface area contributed by atoms with Crippen molar-refractivity contribution in [2.75, 3.05) is 33.4 Å². The van der Waals surface area contributed by atoms with E-state index in [2.05, 4.69) is 0 Å². The maximum Gasteiger partial charge on any atom is 0.222 e. The summed E-state index contributed by atoms with van der Waals surface area (Å²) in [5, 5.41) is 9.05. The Hall–Kier alpha value is -0.610. The highest BCUT2D eigenvalue weighted by molar-refractivity contribution is 5.76. The lowest BCUT2D eigenvalue weighted by atomic mass is 9.99. The van der Waals surface area contributed by atoms with E-state index in [4.69, 9.17) is 9.84 Å².